The van der Waals surface area contributed by atoms with Gasteiger partial charge in [0.1, 0.15) is 6.54 Å². The molecular formula is C11H19F3N2O. The third-order valence-electron chi connectivity index (χ3n) is 2.82. The van der Waals surface area contributed by atoms with Crippen LogP contribution in [0.1, 0.15) is 33.6 Å². The van der Waals surface area contributed by atoms with Crippen LogP contribution in [0.5, 0.6) is 0 Å². The number of amides is 1. The maximum Gasteiger partial charge on any atom is 0.406 e. The molecule has 2 N–H and O–H groups in total. The zero-order valence-corrected chi connectivity index (χ0v) is 10.3. The largest absolute Gasteiger partial charge is 0.406 e. The summed E-state index contributed by atoms with van der Waals surface area (Å²) >= 11 is 0. The number of carbonyl (C=O) groups excluding carboxylic acids is 1. The maximum atomic E-state index is 12.4. The molecule has 6 heteroatoms. The zero-order valence-electron chi connectivity index (χ0n) is 10.3. The summed E-state index contributed by atoms with van der Waals surface area (Å²) < 4.78 is 37.1. The summed E-state index contributed by atoms with van der Waals surface area (Å²) in [5, 5.41) is 0. The fourth-order valence-corrected chi connectivity index (χ4v) is 1.52. The smallest absolute Gasteiger partial charge is 0.329 e. The van der Waals surface area contributed by atoms with Crippen molar-refractivity contribution in [2.24, 2.45) is 11.1 Å². The van der Waals surface area contributed by atoms with E-state index in [9.17, 15) is 18.0 Å². The average Bonchev–Trinajstić information content (AvgIpc) is 2.92. The number of carbonyl (C=O) groups is 1. The van der Waals surface area contributed by atoms with E-state index in [4.69, 9.17) is 5.73 Å². The van der Waals surface area contributed by atoms with Crippen LogP contribution in [-0.4, -0.2) is 35.6 Å². The summed E-state index contributed by atoms with van der Waals surface area (Å²) in [4.78, 5) is 12.8. The summed E-state index contributed by atoms with van der Waals surface area (Å²) in [6, 6.07) is -1.18. The standard InChI is InChI=1S/C11H19F3N2O/c1-10(2,3)8(15)9(17)16(7-4-5-7)6-11(12,13)14/h7-8H,4-6,15H2,1-3H3. The molecule has 17 heavy (non-hydrogen) atoms. The van der Waals surface area contributed by atoms with E-state index in [1.807, 2.05) is 0 Å². The summed E-state index contributed by atoms with van der Waals surface area (Å²) in [7, 11) is 0. The van der Waals surface area contributed by atoms with Crippen LogP contribution in [0.3, 0.4) is 0 Å². The third-order valence-corrected chi connectivity index (χ3v) is 2.82. The third kappa shape index (κ3) is 4.18. The lowest BCUT2D eigenvalue weighted by Gasteiger charge is -2.32. The van der Waals surface area contributed by atoms with Gasteiger partial charge in [0.05, 0.1) is 6.04 Å². The zero-order chi connectivity index (χ0) is 13.4. The highest BCUT2D eigenvalue weighted by Gasteiger charge is 2.43. The second-order valence-electron chi connectivity index (χ2n) is 5.66. The number of nitrogens with two attached hydrogens (primary N) is 1. The molecule has 1 unspecified atom stereocenters. The minimum absolute atomic E-state index is 0.280. The van der Waals surface area contributed by atoms with Gasteiger partial charge in [0.2, 0.25) is 5.91 Å². The van der Waals surface area contributed by atoms with Crippen LogP contribution in [0.2, 0.25) is 0 Å². The molecule has 1 fully saturated rings. The first-order chi connectivity index (χ1) is 7.52. The molecule has 100 valence electrons. The Kier molecular flexibility index (Phi) is 3.76. The SMILES string of the molecule is CC(C)(C)C(N)C(=O)N(CC(F)(F)F)C1CC1. The van der Waals surface area contributed by atoms with Crippen LogP contribution >= 0.6 is 0 Å². The molecule has 1 saturated carbocycles. The molecule has 0 spiro atoms. The Morgan fingerprint density at radius 1 is 1.35 bits per heavy atom. The van der Waals surface area contributed by atoms with Crippen molar-refractivity contribution >= 4 is 5.91 Å². The molecule has 0 aliphatic heterocycles. The van der Waals surface area contributed by atoms with Gasteiger partial charge in [-0.1, -0.05) is 20.8 Å². The highest BCUT2D eigenvalue weighted by molar-refractivity contribution is 5.83. The van der Waals surface area contributed by atoms with Crippen LogP contribution < -0.4 is 5.73 Å². The Morgan fingerprint density at radius 2 is 1.82 bits per heavy atom. The number of halogens is 3. The molecule has 3 nitrogen and oxygen atoms in total. The van der Waals surface area contributed by atoms with Gasteiger partial charge in [0, 0.05) is 6.04 Å². The van der Waals surface area contributed by atoms with Crippen molar-refractivity contribution in [1.29, 1.82) is 0 Å². The first kappa shape index (κ1) is 14.3. The van der Waals surface area contributed by atoms with Gasteiger partial charge in [-0.05, 0) is 18.3 Å². The Labute approximate surface area is 99.1 Å². The molecule has 0 aromatic carbocycles. The van der Waals surface area contributed by atoms with Crippen LogP contribution in [-0.2, 0) is 4.79 Å². The number of alkyl halides is 3. The van der Waals surface area contributed by atoms with Gasteiger partial charge in [-0.15, -0.1) is 0 Å². The average molecular weight is 252 g/mol. The minimum atomic E-state index is -4.37. The van der Waals surface area contributed by atoms with Gasteiger partial charge < -0.3 is 10.6 Å². The Balaban J connectivity index is 2.74. The summed E-state index contributed by atoms with van der Waals surface area (Å²) in [6.07, 6.45) is -3.09. The van der Waals surface area contributed by atoms with Crippen LogP contribution in [0.15, 0.2) is 0 Å². The predicted octanol–water partition coefficient (Wildman–Crippen LogP) is 1.91. The fourth-order valence-electron chi connectivity index (χ4n) is 1.52. The van der Waals surface area contributed by atoms with Gasteiger partial charge >= 0.3 is 6.18 Å². The summed E-state index contributed by atoms with van der Waals surface area (Å²) in [5.41, 5.74) is 5.19. The Bertz CT molecular complexity index is 292. The molecular weight excluding hydrogens is 233 g/mol. The molecule has 0 aromatic heterocycles. The summed E-state index contributed by atoms with van der Waals surface area (Å²) in [6.45, 7) is 4.04. The van der Waals surface area contributed by atoms with Gasteiger partial charge in [-0.3, -0.25) is 4.79 Å². The highest BCUT2D eigenvalue weighted by atomic mass is 19.4. The Morgan fingerprint density at radius 3 is 2.12 bits per heavy atom. The Hall–Kier alpha value is -0.780. The molecule has 0 aromatic rings. The van der Waals surface area contributed by atoms with Crippen molar-refractivity contribution in [1.82, 2.24) is 4.90 Å². The van der Waals surface area contributed by atoms with Crippen molar-refractivity contribution in [3.8, 4) is 0 Å². The number of nitrogens with zero attached hydrogens (tertiary/aromatic N) is 1. The first-order valence-corrected chi connectivity index (χ1v) is 5.65. The van der Waals surface area contributed by atoms with Crippen LogP contribution in [0.25, 0.3) is 0 Å². The van der Waals surface area contributed by atoms with E-state index < -0.39 is 30.1 Å². The van der Waals surface area contributed by atoms with E-state index in [1.165, 1.54) is 0 Å². The molecule has 1 amide bonds. The lowest BCUT2D eigenvalue weighted by Crippen LogP contribution is -2.53. The fraction of sp³-hybridized carbons (Fsp3) is 0.909. The lowest BCUT2D eigenvalue weighted by molar-refractivity contribution is -0.164. The second kappa shape index (κ2) is 4.48. The second-order valence-corrected chi connectivity index (χ2v) is 5.66. The van der Waals surface area contributed by atoms with Gasteiger partial charge in [-0.2, -0.15) is 13.2 Å². The molecule has 0 saturated heterocycles. The van der Waals surface area contributed by atoms with Crippen molar-refractivity contribution in [2.45, 2.75) is 51.9 Å². The summed E-state index contributed by atoms with van der Waals surface area (Å²) in [5.74, 6) is -0.600. The number of hydrogen-bond acceptors (Lipinski definition) is 2. The molecule has 0 radical (unpaired) electrons. The van der Waals surface area contributed by atoms with Gasteiger partial charge in [-0.25, -0.2) is 0 Å². The topological polar surface area (TPSA) is 46.3 Å². The normalized spacial score (nSPS) is 19.0. The first-order valence-electron chi connectivity index (χ1n) is 5.65. The van der Waals surface area contributed by atoms with E-state index in [0.29, 0.717) is 12.8 Å². The minimum Gasteiger partial charge on any atom is -0.329 e. The number of hydrogen-bond donors (Lipinski definition) is 1. The van der Waals surface area contributed by atoms with E-state index in [2.05, 4.69) is 0 Å². The number of rotatable bonds is 3. The maximum absolute atomic E-state index is 12.4. The molecule has 1 rings (SSSR count). The molecule has 0 heterocycles. The van der Waals surface area contributed by atoms with Gasteiger partial charge in [0.25, 0.3) is 0 Å². The lowest BCUT2D eigenvalue weighted by atomic mass is 9.86. The van der Waals surface area contributed by atoms with Crippen molar-refractivity contribution in [3.05, 3.63) is 0 Å². The van der Waals surface area contributed by atoms with E-state index in [0.717, 1.165) is 4.90 Å². The molecule has 1 aliphatic rings. The van der Waals surface area contributed by atoms with E-state index in [-0.39, 0.29) is 6.04 Å². The van der Waals surface area contributed by atoms with Crippen molar-refractivity contribution in [3.63, 3.8) is 0 Å². The highest BCUT2D eigenvalue weighted by Crippen LogP contribution is 2.32. The molecule has 1 atom stereocenters. The van der Waals surface area contributed by atoms with E-state index >= 15 is 0 Å². The van der Waals surface area contributed by atoms with Crippen molar-refractivity contribution < 1.29 is 18.0 Å². The van der Waals surface area contributed by atoms with Gasteiger partial charge in [0.15, 0.2) is 0 Å². The van der Waals surface area contributed by atoms with Crippen LogP contribution in [0.4, 0.5) is 13.2 Å². The molecule has 1 aliphatic carbocycles. The van der Waals surface area contributed by atoms with Crippen molar-refractivity contribution in [2.75, 3.05) is 6.54 Å². The molecule has 0 bridgehead atoms. The van der Waals surface area contributed by atoms with Crippen LogP contribution in [0, 0.1) is 5.41 Å². The monoisotopic (exact) mass is 252 g/mol. The quantitative estimate of drug-likeness (QED) is 0.834. The van der Waals surface area contributed by atoms with E-state index in [1.54, 1.807) is 20.8 Å². The predicted molar refractivity (Wildman–Crippen MR) is 58.2 cm³/mol.